The van der Waals surface area contributed by atoms with Crippen molar-refractivity contribution in [1.29, 1.82) is 0 Å². The lowest BCUT2D eigenvalue weighted by molar-refractivity contribution is 0.957. The molecule has 78 valence electrons. The average molecular weight is 220 g/mol. The van der Waals surface area contributed by atoms with Crippen LogP contribution in [0.25, 0.3) is 0 Å². The molecular weight excluding hydrogens is 208 g/mol. The molecule has 1 N–H and O–H groups in total. The maximum atomic E-state index is 4.21. The number of hydrogen-bond donors (Lipinski definition) is 1. The Bertz CT molecular complexity index is 413. The van der Waals surface area contributed by atoms with Gasteiger partial charge >= 0.3 is 0 Å². The molecule has 0 spiro atoms. The zero-order chi connectivity index (χ0) is 10.5. The molecule has 5 heteroatoms. The monoisotopic (exact) mass is 220 g/mol. The first-order valence-corrected chi connectivity index (χ1v) is 5.69. The molecule has 0 aliphatic carbocycles. The fourth-order valence-corrected chi connectivity index (χ4v) is 1.84. The summed E-state index contributed by atoms with van der Waals surface area (Å²) in [5.41, 5.74) is 3.90. The molecule has 2 rings (SSSR count). The Hall–Kier alpha value is -1.49. The van der Waals surface area contributed by atoms with Gasteiger partial charge in [-0.25, -0.2) is 9.97 Å². The number of aryl methyl sites for hydroxylation is 1. The summed E-state index contributed by atoms with van der Waals surface area (Å²) in [6.07, 6.45) is 4.30. The van der Waals surface area contributed by atoms with Gasteiger partial charge in [-0.2, -0.15) is 0 Å². The van der Waals surface area contributed by atoms with Gasteiger partial charge in [0, 0.05) is 30.7 Å². The van der Waals surface area contributed by atoms with Gasteiger partial charge in [0.1, 0.15) is 5.82 Å². The van der Waals surface area contributed by atoms with E-state index in [-0.39, 0.29) is 0 Å². The topological polar surface area (TPSA) is 50.7 Å². The molecule has 0 amide bonds. The summed E-state index contributed by atoms with van der Waals surface area (Å²) in [7, 11) is 0. The lowest BCUT2D eigenvalue weighted by Crippen LogP contribution is -2.08. The maximum Gasteiger partial charge on any atom is 0.147 e. The fourth-order valence-electron chi connectivity index (χ4n) is 1.25. The van der Waals surface area contributed by atoms with Crippen LogP contribution in [0.1, 0.15) is 11.4 Å². The third kappa shape index (κ3) is 2.73. The third-order valence-corrected chi connectivity index (χ3v) is 2.67. The normalized spacial score (nSPS) is 10.2. The van der Waals surface area contributed by atoms with E-state index in [0.717, 1.165) is 30.2 Å². The summed E-state index contributed by atoms with van der Waals surface area (Å²) in [5, 5.41) is 5.30. The summed E-state index contributed by atoms with van der Waals surface area (Å²) in [5.74, 6) is 0.854. The Morgan fingerprint density at radius 1 is 1.27 bits per heavy atom. The Balaban J connectivity index is 1.86. The Morgan fingerprint density at radius 3 is 2.87 bits per heavy atom. The van der Waals surface area contributed by atoms with Crippen molar-refractivity contribution in [1.82, 2.24) is 15.0 Å². The molecule has 0 aliphatic heterocycles. The zero-order valence-electron chi connectivity index (χ0n) is 8.47. The minimum absolute atomic E-state index is 0.837. The van der Waals surface area contributed by atoms with Gasteiger partial charge in [0.2, 0.25) is 0 Å². The molecule has 2 aromatic rings. The number of aromatic nitrogens is 3. The second-order valence-corrected chi connectivity index (χ2v) is 3.87. The SMILES string of the molecule is Cc1nccnc1NCCc1cscn1. The summed E-state index contributed by atoms with van der Waals surface area (Å²) >= 11 is 1.62. The molecule has 0 radical (unpaired) electrons. The molecule has 0 bridgehead atoms. The minimum atomic E-state index is 0.837. The van der Waals surface area contributed by atoms with Crippen LogP contribution in [-0.4, -0.2) is 21.5 Å². The molecule has 0 unspecified atom stereocenters. The van der Waals surface area contributed by atoms with Crippen molar-refractivity contribution in [3.63, 3.8) is 0 Å². The van der Waals surface area contributed by atoms with E-state index in [4.69, 9.17) is 0 Å². The first-order chi connectivity index (χ1) is 7.36. The van der Waals surface area contributed by atoms with Gasteiger partial charge in [-0.3, -0.25) is 4.98 Å². The lowest BCUT2D eigenvalue weighted by Gasteiger charge is -2.05. The smallest absolute Gasteiger partial charge is 0.147 e. The largest absolute Gasteiger partial charge is 0.368 e. The lowest BCUT2D eigenvalue weighted by atomic mass is 10.3. The Labute approximate surface area is 92.4 Å². The summed E-state index contributed by atoms with van der Waals surface area (Å²) in [4.78, 5) is 12.6. The van der Waals surface area contributed by atoms with E-state index in [0.29, 0.717) is 0 Å². The van der Waals surface area contributed by atoms with E-state index in [1.54, 1.807) is 23.7 Å². The van der Waals surface area contributed by atoms with E-state index in [9.17, 15) is 0 Å². The van der Waals surface area contributed by atoms with Crippen LogP contribution >= 0.6 is 11.3 Å². The number of anilines is 1. The summed E-state index contributed by atoms with van der Waals surface area (Å²) in [6.45, 7) is 2.78. The highest BCUT2D eigenvalue weighted by atomic mass is 32.1. The van der Waals surface area contributed by atoms with Gasteiger partial charge in [-0.1, -0.05) is 0 Å². The summed E-state index contributed by atoms with van der Waals surface area (Å²) < 4.78 is 0. The third-order valence-electron chi connectivity index (χ3n) is 2.04. The van der Waals surface area contributed by atoms with Crippen molar-refractivity contribution < 1.29 is 0 Å². The molecule has 2 heterocycles. The van der Waals surface area contributed by atoms with Crippen molar-refractivity contribution in [2.24, 2.45) is 0 Å². The molecule has 0 aliphatic rings. The van der Waals surface area contributed by atoms with Crippen LogP contribution in [0.5, 0.6) is 0 Å². The molecular formula is C10H12N4S. The van der Waals surface area contributed by atoms with Gasteiger partial charge in [0.25, 0.3) is 0 Å². The van der Waals surface area contributed by atoms with Crippen molar-refractivity contribution in [2.45, 2.75) is 13.3 Å². The van der Waals surface area contributed by atoms with Gasteiger partial charge in [0.05, 0.1) is 16.9 Å². The van der Waals surface area contributed by atoms with Gasteiger partial charge < -0.3 is 5.32 Å². The van der Waals surface area contributed by atoms with Crippen LogP contribution < -0.4 is 5.32 Å². The minimum Gasteiger partial charge on any atom is -0.368 e. The molecule has 0 fully saturated rings. The molecule has 0 saturated heterocycles. The first kappa shape index (κ1) is 10.0. The molecule has 0 saturated carbocycles. The quantitative estimate of drug-likeness (QED) is 0.855. The van der Waals surface area contributed by atoms with Crippen molar-refractivity contribution in [3.8, 4) is 0 Å². The number of nitrogens with zero attached hydrogens (tertiary/aromatic N) is 3. The van der Waals surface area contributed by atoms with E-state index >= 15 is 0 Å². The molecule has 0 atom stereocenters. The average Bonchev–Trinajstić information content (AvgIpc) is 2.74. The first-order valence-electron chi connectivity index (χ1n) is 4.75. The highest BCUT2D eigenvalue weighted by molar-refractivity contribution is 7.07. The maximum absolute atomic E-state index is 4.21. The Morgan fingerprint density at radius 2 is 2.13 bits per heavy atom. The predicted octanol–water partition coefficient (Wildman–Crippen LogP) is 1.90. The molecule has 4 nitrogen and oxygen atoms in total. The second-order valence-electron chi connectivity index (χ2n) is 3.15. The van der Waals surface area contributed by atoms with Crippen LogP contribution in [0.15, 0.2) is 23.3 Å². The molecule has 2 aromatic heterocycles. The highest BCUT2D eigenvalue weighted by Gasteiger charge is 1.99. The standard InChI is InChI=1S/C10H12N4S/c1-8-10(13-5-4-11-8)12-3-2-9-6-15-7-14-9/h4-7H,2-3H2,1H3,(H,12,13). The number of rotatable bonds is 4. The van der Waals surface area contributed by atoms with Crippen LogP contribution in [0.3, 0.4) is 0 Å². The molecule has 15 heavy (non-hydrogen) atoms. The van der Waals surface area contributed by atoms with Crippen molar-refractivity contribution in [3.05, 3.63) is 34.7 Å². The number of hydrogen-bond acceptors (Lipinski definition) is 5. The summed E-state index contributed by atoms with van der Waals surface area (Å²) in [6, 6.07) is 0. The van der Waals surface area contributed by atoms with Gasteiger partial charge in [-0.15, -0.1) is 11.3 Å². The van der Waals surface area contributed by atoms with E-state index in [1.165, 1.54) is 0 Å². The number of thiazole rings is 1. The van der Waals surface area contributed by atoms with Gasteiger partial charge in [0.15, 0.2) is 0 Å². The van der Waals surface area contributed by atoms with Crippen LogP contribution in [0.4, 0.5) is 5.82 Å². The van der Waals surface area contributed by atoms with Gasteiger partial charge in [-0.05, 0) is 6.92 Å². The van der Waals surface area contributed by atoms with Crippen molar-refractivity contribution in [2.75, 3.05) is 11.9 Å². The second kappa shape index (κ2) is 4.84. The number of nitrogens with one attached hydrogen (secondary N) is 1. The predicted molar refractivity (Wildman–Crippen MR) is 61.1 cm³/mol. The van der Waals surface area contributed by atoms with E-state index in [1.807, 2.05) is 12.4 Å². The van der Waals surface area contributed by atoms with Crippen LogP contribution in [0.2, 0.25) is 0 Å². The highest BCUT2D eigenvalue weighted by Crippen LogP contribution is 2.06. The molecule has 0 aromatic carbocycles. The van der Waals surface area contributed by atoms with E-state index in [2.05, 4.69) is 25.6 Å². The van der Waals surface area contributed by atoms with Crippen molar-refractivity contribution >= 4 is 17.2 Å². The fraction of sp³-hybridized carbons (Fsp3) is 0.300. The van der Waals surface area contributed by atoms with Crippen LogP contribution in [-0.2, 0) is 6.42 Å². The van der Waals surface area contributed by atoms with E-state index < -0.39 is 0 Å². The van der Waals surface area contributed by atoms with Crippen LogP contribution in [0, 0.1) is 6.92 Å². The Kier molecular flexibility index (Phi) is 3.24. The zero-order valence-corrected chi connectivity index (χ0v) is 9.29.